The van der Waals surface area contributed by atoms with E-state index in [-0.39, 0.29) is 24.7 Å². The highest BCUT2D eigenvalue weighted by molar-refractivity contribution is 5.96. The lowest BCUT2D eigenvalue weighted by Crippen LogP contribution is -2.27. The van der Waals surface area contributed by atoms with Gasteiger partial charge in [-0.25, -0.2) is 0 Å². The van der Waals surface area contributed by atoms with Crippen molar-refractivity contribution < 1.29 is 4.79 Å². The molecular weight excluding hydrogens is 322 g/mol. The topological polar surface area (TPSA) is 50.8 Å². The first-order chi connectivity index (χ1) is 11.1. The Morgan fingerprint density at radius 3 is 2.25 bits per heavy atom. The third-order valence-electron chi connectivity index (χ3n) is 3.96. The van der Waals surface area contributed by atoms with Gasteiger partial charge in [-0.3, -0.25) is 10.2 Å². The fourth-order valence-corrected chi connectivity index (χ4v) is 2.74. The van der Waals surface area contributed by atoms with Crippen LogP contribution in [0.4, 0.5) is 0 Å². The summed E-state index contributed by atoms with van der Waals surface area (Å²) in [4.78, 5) is 12.6. The number of nitrogens with one attached hydrogen (secondary N) is 1. The normalized spacial score (nSPS) is 10.4. The lowest BCUT2D eigenvalue weighted by molar-refractivity contribution is 0.0971. The molecule has 2 aromatic carbocycles. The molecule has 1 heterocycles. The van der Waals surface area contributed by atoms with Crippen molar-refractivity contribution in [1.29, 1.82) is 5.41 Å². The summed E-state index contributed by atoms with van der Waals surface area (Å²) in [6, 6.07) is 15.3. The number of allylic oxidation sites excluding steroid dienone is 1. The van der Waals surface area contributed by atoms with Gasteiger partial charge < -0.3 is 9.13 Å². The summed E-state index contributed by atoms with van der Waals surface area (Å²) in [6.45, 7) is 6.45. The van der Waals surface area contributed by atoms with Crippen molar-refractivity contribution in [3.63, 3.8) is 0 Å². The molecule has 0 aliphatic rings. The van der Waals surface area contributed by atoms with Crippen molar-refractivity contribution in [2.75, 3.05) is 0 Å². The monoisotopic (exact) mass is 341 g/mol. The van der Waals surface area contributed by atoms with Gasteiger partial charge in [-0.15, -0.1) is 19.0 Å². The summed E-state index contributed by atoms with van der Waals surface area (Å²) in [5.41, 5.74) is 3.93. The van der Waals surface area contributed by atoms with E-state index in [2.05, 4.69) is 6.58 Å². The first-order valence-corrected chi connectivity index (χ1v) is 7.55. The van der Waals surface area contributed by atoms with Gasteiger partial charge in [-0.1, -0.05) is 48.0 Å². The van der Waals surface area contributed by atoms with Crippen LogP contribution in [0, 0.1) is 12.3 Å². The molecule has 0 spiro atoms. The summed E-state index contributed by atoms with van der Waals surface area (Å²) in [7, 11) is 0. The Bertz CT molecular complexity index is 935. The molecule has 0 unspecified atom stereocenters. The van der Waals surface area contributed by atoms with Gasteiger partial charge in [0.25, 0.3) is 0 Å². The fourth-order valence-electron chi connectivity index (χ4n) is 2.74. The summed E-state index contributed by atoms with van der Waals surface area (Å²) in [5.74, 6) is 0.00464. The minimum Gasteiger partial charge on any atom is -0.307 e. The minimum absolute atomic E-state index is 0. The number of para-hydroxylation sites is 2. The minimum atomic E-state index is 0. The van der Waals surface area contributed by atoms with Crippen molar-refractivity contribution in [3.8, 4) is 0 Å². The number of fused-ring (bicyclic) bond motifs is 1. The Hall–Kier alpha value is -2.59. The summed E-state index contributed by atoms with van der Waals surface area (Å²) < 4.78 is 3.60. The maximum atomic E-state index is 12.6. The maximum absolute atomic E-state index is 12.6. The molecule has 0 aliphatic carbocycles. The second-order valence-corrected chi connectivity index (χ2v) is 5.59. The Labute approximate surface area is 147 Å². The van der Waals surface area contributed by atoms with Crippen LogP contribution in [0.1, 0.15) is 15.9 Å². The van der Waals surface area contributed by atoms with Crippen LogP contribution in [-0.4, -0.2) is 14.9 Å². The van der Waals surface area contributed by atoms with E-state index in [0.29, 0.717) is 17.7 Å². The standard InChI is InChI=1S/C19H19N3O.ClH/c1-3-12-21-16-6-4-5-7-17(16)22(19(21)20)13-18(23)15-10-8-14(2)9-11-15;/h3-11,20H,1,12-13H2,2H3;1H. The lowest BCUT2D eigenvalue weighted by atomic mass is 10.1. The van der Waals surface area contributed by atoms with Gasteiger partial charge in [0.2, 0.25) is 5.62 Å². The smallest absolute Gasteiger partial charge is 0.203 e. The number of hydrogen-bond acceptors (Lipinski definition) is 2. The second kappa shape index (κ2) is 7.32. The average molecular weight is 342 g/mol. The van der Waals surface area contributed by atoms with Gasteiger partial charge in [-0.2, -0.15) is 0 Å². The average Bonchev–Trinajstić information content (AvgIpc) is 2.82. The van der Waals surface area contributed by atoms with Crippen molar-refractivity contribution in [2.24, 2.45) is 0 Å². The molecule has 0 aliphatic heterocycles. The van der Waals surface area contributed by atoms with Gasteiger partial charge >= 0.3 is 0 Å². The van der Waals surface area contributed by atoms with Crippen LogP contribution in [0.25, 0.3) is 11.0 Å². The van der Waals surface area contributed by atoms with E-state index < -0.39 is 0 Å². The molecule has 0 saturated heterocycles. The molecule has 1 N–H and O–H groups in total. The number of hydrogen-bond donors (Lipinski definition) is 1. The third-order valence-corrected chi connectivity index (χ3v) is 3.96. The summed E-state index contributed by atoms with van der Waals surface area (Å²) in [6.07, 6.45) is 1.76. The third kappa shape index (κ3) is 3.19. The van der Waals surface area contributed by atoms with Crippen molar-refractivity contribution in [1.82, 2.24) is 9.13 Å². The number of carbonyl (C=O) groups is 1. The van der Waals surface area contributed by atoms with E-state index in [1.54, 1.807) is 10.6 Å². The molecule has 24 heavy (non-hydrogen) atoms. The number of carbonyl (C=O) groups excluding carboxylic acids is 1. The van der Waals surface area contributed by atoms with E-state index in [4.69, 9.17) is 5.41 Å². The van der Waals surface area contributed by atoms with Crippen LogP contribution in [0.3, 0.4) is 0 Å². The molecule has 4 nitrogen and oxygen atoms in total. The van der Waals surface area contributed by atoms with Crippen molar-refractivity contribution in [3.05, 3.63) is 77.9 Å². The number of imidazole rings is 1. The predicted octanol–water partition coefficient (Wildman–Crippen LogP) is 3.72. The molecule has 0 saturated carbocycles. The van der Waals surface area contributed by atoms with E-state index in [9.17, 15) is 4.79 Å². The molecule has 3 aromatic rings. The predicted molar refractivity (Wildman–Crippen MR) is 98.7 cm³/mol. The van der Waals surface area contributed by atoms with E-state index >= 15 is 0 Å². The number of nitrogens with zero attached hydrogens (tertiary/aromatic N) is 2. The molecule has 0 atom stereocenters. The largest absolute Gasteiger partial charge is 0.307 e. The first kappa shape index (κ1) is 17.8. The number of halogens is 1. The number of rotatable bonds is 5. The highest BCUT2D eigenvalue weighted by atomic mass is 35.5. The van der Waals surface area contributed by atoms with Crippen LogP contribution < -0.4 is 5.62 Å². The van der Waals surface area contributed by atoms with E-state index in [0.717, 1.165) is 16.6 Å². The first-order valence-electron chi connectivity index (χ1n) is 7.55. The SMILES string of the molecule is C=CCn1c(=N)n(CC(=O)c2ccc(C)cc2)c2ccccc21.Cl. The number of aromatic nitrogens is 2. The highest BCUT2D eigenvalue weighted by Crippen LogP contribution is 2.14. The van der Waals surface area contributed by atoms with Gasteiger partial charge in [-0.05, 0) is 19.1 Å². The molecule has 0 radical (unpaired) electrons. The maximum Gasteiger partial charge on any atom is 0.203 e. The zero-order valence-corrected chi connectivity index (χ0v) is 14.3. The number of aryl methyl sites for hydroxylation is 1. The Kier molecular flexibility index (Phi) is 5.42. The second-order valence-electron chi connectivity index (χ2n) is 5.59. The van der Waals surface area contributed by atoms with Gasteiger partial charge in [0.05, 0.1) is 17.6 Å². The number of Topliss-reactive ketones (excluding diaryl/α,β-unsaturated/α-hetero) is 1. The number of ketones is 1. The molecule has 0 fully saturated rings. The molecule has 1 aromatic heterocycles. The highest BCUT2D eigenvalue weighted by Gasteiger charge is 2.13. The van der Waals surface area contributed by atoms with Gasteiger partial charge in [0, 0.05) is 12.1 Å². The summed E-state index contributed by atoms with van der Waals surface area (Å²) in [5, 5.41) is 8.39. The van der Waals surface area contributed by atoms with E-state index in [1.165, 1.54) is 0 Å². The van der Waals surface area contributed by atoms with Crippen molar-refractivity contribution >= 4 is 29.2 Å². The molecule has 3 rings (SSSR count). The Balaban J connectivity index is 0.00000208. The Morgan fingerprint density at radius 2 is 1.67 bits per heavy atom. The molecular formula is C19H20ClN3O. The zero-order chi connectivity index (χ0) is 16.4. The molecule has 0 amide bonds. The zero-order valence-electron chi connectivity index (χ0n) is 13.5. The van der Waals surface area contributed by atoms with Gasteiger partial charge in [0.1, 0.15) is 0 Å². The quantitative estimate of drug-likeness (QED) is 0.558. The van der Waals surface area contributed by atoms with Crippen LogP contribution in [-0.2, 0) is 13.1 Å². The lowest BCUT2D eigenvalue weighted by Gasteiger charge is -2.05. The van der Waals surface area contributed by atoms with Crippen LogP contribution in [0.5, 0.6) is 0 Å². The molecule has 124 valence electrons. The van der Waals surface area contributed by atoms with Crippen LogP contribution in [0.15, 0.2) is 61.2 Å². The molecule has 5 heteroatoms. The number of benzene rings is 2. The van der Waals surface area contributed by atoms with Crippen molar-refractivity contribution in [2.45, 2.75) is 20.0 Å². The van der Waals surface area contributed by atoms with Gasteiger partial charge in [0.15, 0.2) is 5.78 Å². The van der Waals surface area contributed by atoms with Crippen LogP contribution >= 0.6 is 12.4 Å². The summed E-state index contributed by atoms with van der Waals surface area (Å²) >= 11 is 0. The molecule has 0 bridgehead atoms. The van der Waals surface area contributed by atoms with Crippen LogP contribution in [0.2, 0.25) is 0 Å². The Morgan fingerprint density at radius 1 is 1.08 bits per heavy atom. The fraction of sp³-hybridized carbons (Fsp3) is 0.158. The van der Waals surface area contributed by atoms with E-state index in [1.807, 2.05) is 60.0 Å².